The summed E-state index contributed by atoms with van der Waals surface area (Å²) in [5, 5.41) is 0. The summed E-state index contributed by atoms with van der Waals surface area (Å²) in [4.78, 5) is 4.36. The highest BCUT2D eigenvalue weighted by molar-refractivity contribution is 5.20. The molecule has 1 aliphatic rings. The Morgan fingerprint density at radius 1 is 1.38 bits per heavy atom. The van der Waals surface area contributed by atoms with Crippen LogP contribution in [0.5, 0.6) is 0 Å². The third-order valence-corrected chi connectivity index (χ3v) is 4.26. The van der Waals surface area contributed by atoms with Crippen LogP contribution in [0, 0.1) is 12.3 Å². The van der Waals surface area contributed by atoms with Crippen LogP contribution in [0.4, 0.5) is 0 Å². The van der Waals surface area contributed by atoms with Crippen LogP contribution in [0.1, 0.15) is 56.3 Å². The van der Waals surface area contributed by atoms with E-state index >= 15 is 0 Å². The van der Waals surface area contributed by atoms with E-state index in [1.165, 1.54) is 37.7 Å². The predicted octanol–water partition coefficient (Wildman–Crippen LogP) is 3.36. The molecule has 1 unspecified atom stereocenters. The summed E-state index contributed by atoms with van der Waals surface area (Å²) in [5.41, 5.74) is 9.05. The van der Waals surface area contributed by atoms with Crippen molar-refractivity contribution >= 4 is 0 Å². The van der Waals surface area contributed by atoms with Crippen molar-refractivity contribution in [3.63, 3.8) is 0 Å². The summed E-state index contributed by atoms with van der Waals surface area (Å²) >= 11 is 0. The van der Waals surface area contributed by atoms with Gasteiger partial charge in [-0.15, -0.1) is 0 Å². The van der Waals surface area contributed by atoms with Gasteiger partial charge in [0.05, 0.1) is 0 Å². The molecule has 0 bridgehead atoms. The Morgan fingerprint density at radius 3 is 2.56 bits per heavy atom. The van der Waals surface area contributed by atoms with Gasteiger partial charge in [0.2, 0.25) is 0 Å². The van der Waals surface area contributed by atoms with Crippen LogP contribution in [-0.2, 0) is 0 Å². The topological polar surface area (TPSA) is 38.9 Å². The molecular weight excluding hydrogens is 196 g/mol. The van der Waals surface area contributed by atoms with Crippen LogP contribution in [0.2, 0.25) is 0 Å². The van der Waals surface area contributed by atoms with Crippen molar-refractivity contribution in [1.82, 2.24) is 4.98 Å². The van der Waals surface area contributed by atoms with Gasteiger partial charge >= 0.3 is 0 Å². The molecule has 0 radical (unpaired) electrons. The molecule has 2 N–H and O–H groups in total. The first-order chi connectivity index (χ1) is 7.68. The first kappa shape index (κ1) is 11.6. The van der Waals surface area contributed by atoms with Crippen molar-refractivity contribution in [2.45, 2.75) is 52.0 Å². The van der Waals surface area contributed by atoms with Gasteiger partial charge in [-0.05, 0) is 43.2 Å². The molecule has 0 saturated heterocycles. The second-order valence-electron chi connectivity index (χ2n) is 5.13. The summed E-state index contributed by atoms with van der Waals surface area (Å²) < 4.78 is 0. The number of nitrogens with zero attached hydrogens (tertiary/aromatic N) is 1. The van der Waals surface area contributed by atoms with Crippen LogP contribution in [-0.4, -0.2) is 4.98 Å². The van der Waals surface area contributed by atoms with Crippen LogP contribution in [0.15, 0.2) is 18.3 Å². The van der Waals surface area contributed by atoms with Crippen molar-refractivity contribution < 1.29 is 0 Å². The van der Waals surface area contributed by atoms with Gasteiger partial charge < -0.3 is 5.73 Å². The second kappa shape index (κ2) is 4.54. The molecule has 1 fully saturated rings. The standard InChI is InChI=1S/C14H22N2/c1-3-14(8-4-5-9-14)13(15)12-7-6-11(2)16-10-12/h6-7,10,13H,3-5,8-9,15H2,1-2H3. The highest BCUT2D eigenvalue weighted by Gasteiger charge is 2.38. The lowest BCUT2D eigenvalue weighted by atomic mass is 9.74. The number of hydrogen-bond acceptors (Lipinski definition) is 2. The lowest BCUT2D eigenvalue weighted by Gasteiger charge is -2.34. The molecule has 2 heteroatoms. The van der Waals surface area contributed by atoms with Crippen LogP contribution in [0.3, 0.4) is 0 Å². The minimum Gasteiger partial charge on any atom is -0.323 e. The largest absolute Gasteiger partial charge is 0.323 e. The van der Waals surface area contributed by atoms with E-state index in [1.807, 2.05) is 13.1 Å². The Kier molecular flexibility index (Phi) is 3.29. The van der Waals surface area contributed by atoms with E-state index in [-0.39, 0.29) is 6.04 Å². The molecule has 2 rings (SSSR count). The van der Waals surface area contributed by atoms with Crippen LogP contribution < -0.4 is 5.73 Å². The zero-order valence-corrected chi connectivity index (χ0v) is 10.4. The highest BCUT2D eigenvalue weighted by atomic mass is 14.7. The number of aryl methyl sites for hydroxylation is 1. The van der Waals surface area contributed by atoms with Gasteiger partial charge in [-0.3, -0.25) is 4.98 Å². The molecule has 2 nitrogen and oxygen atoms in total. The Morgan fingerprint density at radius 2 is 2.06 bits per heavy atom. The maximum Gasteiger partial charge on any atom is 0.0372 e. The molecular formula is C14H22N2. The fraction of sp³-hybridized carbons (Fsp3) is 0.643. The van der Waals surface area contributed by atoms with Gasteiger partial charge in [0, 0.05) is 17.9 Å². The Bertz CT molecular complexity index is 336. The molecule has 1 aromatic rings. The molecule has 0 spiro atoms. The van der Waals surface area contributed by atoms with Gasteiger partial charge in [-0.25, -0.2) is 0 Å². The van der Waals surface area contributed by atoms with Gasteiger partial charge in [-0.1, -0.05) is 25.8 Å². The Hall–Kier alpha value is -0.890. The van der Waals surface area contributed by atoms with Gasteiger partial charge in [0.25, 0.3) is 0 Å². The van der Waals surface area contributed by atoms with Crippen molar-refractivity contribution in [3.8, 4) is 0 Å². The number of nitrogens with two attached hydrogens (primary N) is 1. The lowest BCUT2D eigenvalue weighted by Crippen LogP contribution is -2.31. The third-order valence-electron chi connectivity index (χ3n) is 4.26. The molecule has 1 atom stereocenters. The van der Waals surface area contributed by atoms with E-state index in [0.717, 1.165) is 5.69 Å². The van der Waals surface area contributed by atoms with E-state index < -0.39 is 0 Å². The normalized spacial score (nSPS) is 20.9. The molecule has 0 aromatic carbocycles. The fourth-order valence-electron chi connectivity index (χ4n) is 2.98. The number of rotatable bonds is 3. The second-order valence-corrected chi connectivity index (χ2v) is 5.13. The summed E-state index contributed by atoms with van der Waals surface area (Å²) in [5.74, 6) is 0. The number of pyridine rings is 1. The maximum atomic E-state index is 6.46. The number of aromatic nitrogens is 1. The minimum absolute atomic E-state index is 0.160. The molecule has 88 valence electrons. The molecule has 1 aliphatic carbocycles. The average Bonchev–Trinajstić information content (AvgIpc) is 2.79. The first-order valence-electron chi connectivity index (χ1n) is 6.36. The van der Waals surface area contributed by atoms with E-state index in [9.17, 15) is 0 Å². The van der Waals surface area contributed by atoms with Crippen LogP contribution >= 0.6 is 0 Å². The van der Waals surface area contributed by atoms with E-state index in [1.54, 1.807) is 0 Å². The highest BCUT2D eigenvalue weighted by Crippen LogP contribution is 2.48. The Labute approximate surface area is 98.3 Å². The average molecular weight is 218 g/mol. The van der Waals surface area contributed by atoms with E-state index in [4.69, 9.17) is 5.73 Å². The van der Waals surface area contributed by atoms with Crippen molar-refractivity contribution in [1.29, 1.82) is 0 Å². The summed E-state index contributed by atoms with van der Waals surface area (Å²) in [7, 11) is 0. The molecule has 1 saturated carbocycles. The van der Waals surface area contributed by atoms with E-state index in [0.29, 0.717) is 5.41 Å². The zero-order valence-electron chi connectivity index (χ0n) is 10.4. The van der Waals surface area contributed by atoms with Crippen molar-refractivity contribution in [2.24, 2.45) is 11.1 Å². The monoisotopic (exact) mass is 218 g/mol. The van der Waals surface area contributed by atoms with Gasteiger partial charge in [-0.2, -0.15) is 0 Å². The van der Waals surface area contributed by atoms with Crippen molar-refractivity contribution in [3.05, 3.63) is 29.6 Å². The number of hydrogen-bond donors (Lipinski definition) is 1. The molecule has 1 heterocycles. The summed E-state index contributed by atoms with van der Waals surface area (Å²) in [6, 6.07) is 4.36. The van der Waals surface area contributed by atoms with Gasteiger partial charge in [0.15, 0.2) is 0 Å². The molecule has 16 heavy (non-hydrogen) atoms. The predicted molar refractivity (Wildman–Crippen MR) is 67.1 cm³/mol. The fourth-order valence-corrected chi connectivity index (χ4v) is 2.98. The summed E-state index contributed by atoms with van der Waals surface area (Å²) in [6.45, 7) is 4.28. The van der Waals surface area contributed by atoms with Crippen molar-refractivity contribution in [2.75, 3.05) is 0 Å². The minimum atomic E-state index is 0.160. The van der Waals surface area contributed by atoms with E-state index in [2.05, 4.69) is 24.0 Å². The molecule has 1 aromatic heterocycles. The first-order valence-corrected chi connectivity index (χ1v) is 6.36. The Balaban J connectivity index is 2.23. The quantitative estimate of drug-likeness (QED) is 0.845. The maximum absolute atomic E-state index is 6.46. The molecule has 0 aliphatic heterocycles. The smallest absolute Gasteiger partial charge is 0.0372 e. The summed E-state index contributed by atoms with van der Waals surface area (Å²) in [6.07, 6.45) is 8.36. The third kappa shape index (κ3) is 1.99. The molecule has 0 amide bonds. The van der Waals surface area contributed by atoms with Gasteiger partial charge in [0.1, 0.15) is 0 Å². The zero-order chi connectivity index (χ0) is 11.6. The SMILES string of the molecule is CCC1(C(N)c2ccc(C)nc2)CCCC1. The van der Waals surface area contributed by atoms with Crippen LogP contribution in [0.25, 0.3) is 0 Å². The lowest BCUT2D eigenvalue weighted by molar-refractivity contribution is 0.222.